The molecule has 1 aromatic heterocycles. The van der Waals surface area contributed by atoms with E-state index in [0.717, 1.165) is 0 Å². The van der Waals surface area contributed by atoms with Crippen LogP contribution in [-0.4, -0.2) is 22.5 Å². The number of piperidine rings is 1. The SMILES string of the molecule is CC(C)N1CCCCC1c1ccc(Cl)nc1. The van der Waals surface area contributed by atoms with Gasteiger partial charge in [0.1, 0.15) is 5.15 Å². The van der Waals surface area contributed by atoms with Crippen molar-refractivity contribution < 1.29 is 0 Å². The first kappa shape index (κ1) is 11.9. The molecule has 0 spiro atoms. The van der Waals surface area contributed by atoms with Crippen molar-refractivity contribution in [2.24, 2.45) is 0 Å². The first-order valence-corrected chi connectivity index (χ1v) is 6.43. The van der Waals surface area contributed by atoms with Crippen LogP contribution in [0.1, 0.15) is 44.7 Å². The molecule has 1 aromatic rings. The molecule has 16 heavy (non-hydrogen) atoms. The van der Waals surface area contributed by atoms with Crippen molar-refractivity contribution in [2.45, 2.75) is 45.2 Å². The van der Waals surface area contributed by atoms with E-state index in [1.54, 1.807) is 0 Å². The van der Waals surface area contributed by atoms with Crippen molar-refractivity contribution in [2.75, 3.05) is 6.54 Å². The minimum Gasteiger partial charge on any atom is -0.294 e. The smallest absolute Gasteiger partial charge is 0.129 e. The van der Waals surface area contributed by atoms with Gasteiger partial charge in [-0.3, -0.25) is 4.90 Å². The lowest BCUT2D eigenvalue weighted by molar-refractivity contribution is 0.112. The normalized spacial score (nSPS) is 22.6. The molecular formula is C13H19ClN2. The Hall–Kier alpha value is -0.600. The molecule has 0 aliphatic carbocycles. The largest absolute Gasteiger partial charge is 0.294 e. The zero-order valence-corrected chi connectivity index (χ0v) is 10.7. The quantitative estimate of drug-likeness (QED) is 0.731. The minimum absolute atomic E-state index is 0.526. The predicted octanol–water partition coefficient (Wildman–Crippen LogP) is 3.67. The molecule has 2 rings (SSSR count). The number of hydrogen-bond acceptors (Lipinski definition) is 2. The van der Waals surface area contributed by atoms with Gasteiger partial charge < -0.3 is 0 Å². The van der Waals surface area contributed by atoms with E-state index in [2.05, 4.69) is 29.8 Å². The molecule has 0 bridgehead atoms. The van der Waals surface area contributed by atoms with Crippen molar-refractivity contribution in [3.8, 4) is 0 Å². The van der Waals surface area contributed by atoms with E-state index in [4.69, 9.17) is 11.6 Å². The summed E-state index contributed by atoms with van der Waals surface area (Å²) in [6.45, 7) is 5.73. The molecule has 2 nitrogen and oxygen atoms in total. The Bertz CT molecular complexity index is 334. The van der Waals surface area contributed by atoms with E-state index in [1.165, 1.54) is 31.4 Å². The molecule has 3 heteroatoms. The third-order valence-electron chi connectivity index (χ3n) is 3.34. The monoisotopic (exact) mass is 238 g/mol. The van der Waals surface area contributed by atoms with Crippen molar-refractivity contribution in [1.29, 1.82) is 0 Å². The zero-order chi connectivity index (χ0) is 11.5. The zero-order valence-electron chi connectivity index (χ0n) is 9.99. The van der Waals surface area contributed by atoms with Crippen molar-refractivity contribution in [1.82, 2.24) is 9.88 Å². The van der Waals surface area contributed by atoms with Crippen LogP contribution in [0, 0.1) is 0 Å². The number of aromatic nitrogens is 1. The van der Waals surface area contributed by atoms with Gasteiger partial charge in [0.2, 0.25) is 0 Å². The van der Waals surface area contributed by atoms with Gasteiger partial charge in [0.25, 0.3) is 0 Å². The highest BCUT2D eigenvalue weighted by Crippen LogP contribution is 2.32. The maximum absolute atomic E-state index is 5.82. The highest BCUT2D eigenvalue weighted by Gasteiger charge is 2.25. The summed E-state index contributed by atoms with van der Waals surface area (Å²) in [7, 11) is 0. The van der Waals surface area contributed by atoms with E-state index in [0.29, 0.717) is 17.2 Å². The fourth-order valence-corrected chi connectivity index (χ4v) is 2.63. The van der Waals surface area contributed by atoms with Gasteiger partial charge in [-0.15, -0.1) is 0 Å². The fourth-order valence-electron chi connectivity index (χ4n) is 2.51. The lowest BCUT2D eigenvalue weighted by Gasteiger charge is -2.38. The third-order valence-corrected chi connectivity index (χ3v) is 3.57. The van der Waals surface area contributed by atoms with Crippen LogP contribution in [0.15, 0.2) is 18.3 Å². The highest BCUT2D eigenvalue weighted by molar-refractivity contribution is 6.29. The van der Waals surface area contributed by atoms with Gasteiger partial charge in [0.05, 0.1) is 0 Å². The maximum atomic E-state index is 5.82. The van der Waals surface area contributed by atoms with Crippen LogP contribution in [0.5, 0.6) is 0 Å². The van der Waals surface area contributed by atoms with Crippen LogP contribution in [0.25, 0.3) is 0 Å². The van der Waals surface area contributed by atoms with Gasteiger partial charge in [0.15, 0.2) is 0 Å². The van der Waals surface area contributed by atoms with E-state index >= 15 is 0 Å². The Morgan fingerprint density at radius 2 is 2.19 bits per heavy atom. The summed E-state index contributed by atoms with van der Waals surface area (Å²) in [5.41, 5.74) is 1.30. The van der Waals surface area contributed by atoms with E-state index in [9.17, 15) is 0 Å². The summed E-state index contributed by atoms with van der Waals surface area (Å²) in [5.74, 6) is 0. The van der Waals surface area contributed by atoms with Gasteiger partial charge in [-0.1, -0.05) is 24.1 Å². The van der Waals surface area contributed by atoms with Gasteiger partial charge >= 0.3 is 0 Å². The molecule has 1 saturated heterocycles. The van der Waals surface area contributed by atoms with Crippen LogP contribution in [0.2, 0.25) is 5.15 Å². The van der Waals surface area contributed by atoms with Crippen molar-refractivity contribution in [3.63, 3.8) is 0 Å². The van der Waals surface area contributed by atoms with E-state index in [-0.39, 0.29) is 0 Å². The second-order valence-corrected chi connectivity index (χ2v) is 5.14. The first-order chi connectivity index (χ1) is 7.68. The minimum atomic E-state index is 0.526. The standard InChI is InChI=1S/C13H19ClN2/c1-10(2)16-8-4-3-5-12(16)11-6-7-13(14)15-9-11/h6-7,9-10,12H,3-5,8H2,1-2H3. The molecule has 1 atom stereocenters. The Morgan fingerprint density at radius 3 is 2.81 bits per heavy atom. The van der Waals surface area contributed by atoms with Crippen LogP contribution in [-0.2, 0) is 0 Å². The average molecular weight is 239 g/mol. The Kier molecular flexibility index (Phi) is 3.82. The molecule has 1 aliphatic rings. The summed E-state index contributed by atoms with van der Waals surface area (Å²) in [5, 5.41) is 0.579. The third kappa shape index (κ3) is 2.55. The number of hydrogen-bond donors (Lipinski definition) is 0. The number of halogens is 1. The molecule has 0 N–H and O–H groups in total. The van der Waals surface area contributed by atoms with Gasteiger partial charge in [-0.25, -0.2) is 4.98 Å². The summed E-state index contributed by atoms with van der Waals surface area (Å²) < 4.78 is 0. The molecule has 2 heterocycles. The van der Waals surface area contributed by atoms with Crippen LogP contribution in [0.4, 0.5) is 0 Å². The average Bonchev–Trinajstić information content (AvgIpc) is 2.30. The second-order valence-electron chi connectivity index (χ2n) is 4.76. The van der Waals surface area contributed by atoms with Gasteiger partial charge in [-0.2, -0.15) is 0 Å². The molecule has 0 saturated carbocycles. The number of nitrogens with zero attached hydrogens (tertiary/aromatic N) is 2. The Balaban J connectivity index is 2.19. The van der Waals surface area contributed by atoms with Crippen LogP contribution >= 0.6 is 11.6 Å². The van der Waals surface area contributed by atoms with Gasteiger partial charge in [0, 0.05) is 18.3 Å². The lowest BCUT2D eigenvalue weighted by atomic mass is 9.95. The molecular weight excluding hydrogens is 220 g/mol. The molecule has 1 unspecified atom stereocenters. The molecule has 0 radical (unpaired) electrons. The number of pyridine rings is 1. The Labute approximate surface area is 103 Å². The molecule has 88 valence electrons. The highest BCUT2D eigenvalue weighted by atomic mass is 35.5. The molecule has 0 aromatic carbocycles. The molecule has 1 aliphatic heterocycles. The number of rotatable bonds is 2. The second kappa shape index (κ2) is 5.15. The fraction of sp³-hybridized carbons (Fsp3) is 0.615. The summed E-state index contributed by atoms with van der Waals surface area (Å²) in [6, 6.07) is 5.13. The predicted molar refractivity (Wildman–Crippen MR) is 67.7 cm³/mol. The first-order valence-electron chi connectivity index (χ1n) is 6.05. The van der Waals surface area contributed by atoms with Crippen molar-refractivity contribution in [3.05, 3.63) is 29.0 Å². The maximum Gasteiger partial charge on any atom is 0.129 e. The lowest BCUT2D eigenvalue weighted by Crippen LogP contribution is -2.38. The Morgan fingerprint density at radius 1 is 1.38 bits per heavy atom. The number of likely N-dealkylation sites (tertiary alicyclic amines) is 1. The topological polar surface area (TPSA) is 16.1 Å². The molecule has 1 fully saturated rings. The summed E-state index contributed by atoms with van der Waals surface area (Å²) in [4.78, 5) is 6.75. The van der Waals surface area contributed by atoms with E-state index in [1.807, 2.05) is 12.3 Å². The summed E-state index contributed by atoms with van der Waals surface area (Å²) >= 11 is 5.82. The summed E-state index contributed by atoms with van der Waals surface area (Å²) in [6.07, 6.45) is 5.79. The van der Waals surface area contributed by atoms with Gasteiger partial charge in [-0.05, 0) is 44.9 Å². The van der Waals surface area contributed by atoms with Crippen molar-refractivity contribution >= 4 is 11.6 Å². The van der Waals surface area contributed by atoms with E-state index < -0.39 is 0 Å². The van der Waals surface area contributed by atoms with Crippen LogP contribution < -0.4 is 0 Å². The van der Waals surface area contributed by atoms with Crippen LogP contribution in [0.3, 0.4) is 0 Å². The molecule has 0 amide bonds.